The van der Waals surface area contributed by atoms with Crippen LogP contribution in [-0.2, 0) is 4.74 Å². The van der Waals surface area contributed by atoms with E-state index in [1.54, 1.807) is 12.4 Å². The highest BCUT2D eigenvalue weighted by Gasteiger charge is 2.11. The minimum absolute atomic E-state index is 0.0428. The Kier molecular flexibility index (Phi) is 4.19. The molecule has 0 aliphatic heterocycles. The first-order valence-electron chi connectivity index (χ1n) is 5.99. The van der Waals surface area contributed by atoms with Crippen LogP contribution in [0.5, 0.6) is 0 Å². The second kappa shape index (κ2) is 5.86. The average Bonchev–Trinajstić information content (AvgIpc) is 2.39. The lowest BCUT2D eigenvalue weighted by molar-refractivity contribution is 0.0611. The highest BCUT2D eigenvalue weighted by atomic mass is 16.5. The van der Waals surface area contributed by atoms with Gasteiger partial charge in [0.25, 0.3) is 0 Å². The van der Waals surface area contributed by atoms with Crippen LogP contribution in [0.15, 0.2) is 30.6 Å². The molecule has 96 valence electrons. The van der Waals surface area contributed by atoms with Crippen molar-refractivity contribution < 1.29 is 4.74 Å². The maximum atomic E-state index is 5.58. The topological polar surface area (TPSA) is 73.1 Å². The van der Waals surface area contributed by atoms with Gasteiger partial charge in [-0.15, -0.1) is 0 Å². The highest BCUT2D eigenvalue weighted by molar-refractivity contribution is 5.74. The summed E-state index contributed by atoms with van der Waals surface area (Å²) >= 11 is 0. The van der Waals surface area contributed by atoms with Crippen LogP contribution in [0.1, 0.15) is 25.5 Å². The minimum atomic E-state index is -0.0428. The van der Waals surface area contributed by atoms with Crippen molar-refractivity contribution in [2.45, 2.75) is 26.0 Å². The summed E-state index contributed by atoms with van der Waals surface area (Å²) in [5.74, 6) is 5.57. The summed E-state index contributed by atoms with van der Waals surface area (Å²) < 4.78 is 5.58. The van der Waals surface area contributed by atoms with Crippen LogP contribution in [0.4, 0.5) is 0 Å². The molecule has 1 aromatic heterocycles. The zero-order chi connectivity index (χ0) is 13.0. The number of nitrogens with one attached hydrogen (secondary N) is 1. The van der Waals surface area contributed by atoms with Crippen LogP contribution in [-0.4, -0.2) is 22.7 Å². The molecule has 0 aliphatic carbocycles. The van der Waals surface area contributed by atoms with Gasteiger partial charge < -0.3 is 4.74 Å². The maximum Gasteiger partial charge on any atom is 0.0890 e. The smallest absolute Gasteiger partial charge is 0.0890 e. The number of hydrazine groups is 1. The lowest BCUT2D eigenvalue weighted by Crippen LogP contribution is -2.32. The molecule has 1 heterocycles. The minimum Gasteiger partial charge on any atom is -0.377 e. The van der Waals surface area contributed by atoms with Crippen molar-refractivity contribution in [3.05, 3.63) is 36.2 Å². The fourth-order valence-corrected chi connectivity index (χ4v) is 1.73. The Labute approximate surface area is 106 Å². The van der Waals surface area contributed by atoms with Crippen molar-refractivity contribution in [2.24, 2.45) is 5.84 Å². The van der Waals surface area contributed by atoms with Crippen molar-refractivity contribution in [3.8, 4) is 0 Å². The Bertz CT molecular complexity index is 515. The number of nitrogens with two attached hydrogens (primary N) is 1. The lowest BCUT2D eigenvalue weighted by atomic mass is 10.1. The molecule has 0 spiro atoms. The summed E-state index contributed by atoms with van der Waals surface area (Å²) in [6.07, 6.45) is 3.55. The van der Waals surface area contributed by atoms with Crippen molar-refractivity contribution in [1.82, 2.24) is 15.4 Å². The number of hydrogen-bond acceptors (Lipinski definition) is 5. The summed E-state index contributed by atoms with van der Waals surface area (Å²) in [6.45, 7) is 4.53. The third kappa shape index (κ3) is 3.01. The third-order valence-electron chi connectivity index (χ3n) is 2.69. The third-order valence-corrected chi connectivity index (χ3v) is 2.69. The Morgan fingerprint density at radius 2 is 1.94 bits per heavy atom. The number of benzene rings is 1. The predicted molar refractivity (Wildman–Crippen MR) is 70.7 cm³/mol. The molecule has 2 aromatic rings. The predicted octanol–water partition coefficient (Wildman–Crippen LogP) is 1.56. The molecule has 2 rings (SSSR count). The summed E-state index contributed by atoms with van der Waals surface area (Å²) in [7, 11) is 0. The van der Waals surface area contributed by atoms with Gasteiger partial charge in [0, 0.05) is 12.4 Å². The molecule has 0 radical (unpaired) electrons. The van der Waals surface area contributed by atoms with Crippen LogP contribution in [0.2, 0.25) is 0 Å². The largest absolute Gasteiger partial charge is 0.377 e. The first-order valence-corrected chi connectivity index (χ1v) is 5.99. The van der Waals surface area contributed by atoms with Crippen LogP contribution in [0.25, 0.3) is 11.0 Å². The molecule has 18 heavy (non-hydrogen) atoms. The second-order valence-corrected chi connectivity index (χ2v) is 4.41. The number of aromatic nitrogens is 2. The van der Waals surface area contributed by atoms with E-state index in [0.717, 1.165) is 16.6 Å². The maximum absolute atomic E-state index is 5.58. The number of nitrogens with zero attached hydrogens (tertiary/aromatic N) is 2. The van der Waals surface area contributed by atoms with Gasteiger partial charge in [-0.3, -0.25) is 21.2 Å². The summed E-state index contributed by atoms with van der Waals surface area (Å²) in [6, 6.07) is 5.87. The molecule has 1 atom stereocenters. The van der Waals surface area contributed by atoms with Crippen molar-refractivity contribution in [1.29, 1.82) is 0 Å². The van der Waals surface area contributed by atoms with Crippen LogP contribution < -0.4 is 11.3 Å². The summed E-state index contributed by atoms with van der Waals surface area (Å²) in [5.41, 5.74) is 5.55. The van der Waals surface area contributed by atoms with Gasteiger partial charge in [-0.25, -0.2) is 0 Å². The van der Waals surface area contributed by atoms with Gasteiger partial charge in [-0.1, -0.05) is 6.07 Å². The molecule has 1 aromatic carbocycles. The zero-order valence-electron chi connectivity index (χ0n) is 10.6. The summed E-state index contributed by atoms with van der Waals surface area (Å²) in [4.78, 5) is 8.52. The first kappa shape index (κ1) is 12.9. The van der Waals surface area contributed by atoms with Gasteiger partial charge in [-0.05, 0) is 31.5 Å². The van der Waals surface area contributed by atoms with E-state index in [-0.39, 0.29) is 12.1 Å². The van der Waals surface area contributed by atoms with E-state index in [4.69, 9.17) is 10.6 Å². The molecule has 5 nitrogen and oxygen atoms in total. The molecular formula is C13H18N4O. The van der Waals surface area contributed by atoms with E-state index in [1.807, 2.05) is 32.0 Å². The Hall–Kier alpha value is -1.56. The number of rotatable bonds is 5. The molecule has 0 fully saturated rings. The number of ether oxygens (including phenoxy) is 1. The van der Waals surface area contributed by atoms with Gasteiger partial charge in [0.2, 0.25) is 0 Å². The molecule has 0 amide bonds. The van der Waals surface area contributed by atoms with Crippen LogP contribution >= 0.6 is 0 Å². The molecule has 0 bridgehead atoms. The number of fused-ring (bicyclic) bond motifs is 1. The van der Waals surface area contributed by atoms with Crippen molar-refractivity contribution in [2.75, 3.05) is 6.61 Å². The SMILES string of the molecule is CC(C)OCC(NN)c1ccc2nccnc2c1. The second-order valence-electron chi connectivity index (χ2n) is 4.41. The lowest BCUT2D eigenvalue weighted by Gasteiger charge is -2.18. The normalized spacial score (nSPS) is 13.1. The van der Waals surface area contributed by atoms with E-state index in [1.165, 1.54) is 0 Å². The zero-order valence-corrected chi connectivity index (χ0v) is 10.6. The molecule has 1 unspecified atom stereocenters. The van der Waals surface area contributed by atoms with E-state index >= 15 is 0 Å². The van der Waals surface area contributed by atoms with Gasteiger partial charge in [0.1, 0.15) is 0 Å². The van der Waals surface area contributed by atoms with Gasteiger partial charge >= 0.3 is 0 Å². The Morgan fingerprint density at radius 1 is 1.22 bits per heavy atom. The Morgan fingerprint density at radius 3 is 2.61 bits per heavy atom. The molecule has 0 saturated heterocycles. The van der Waals surface area contributed by atoms with Crippen LogP contribution in [0, 0.1) is 0 Å². The van der Waals surface area contributed by atoms with E-state index in [9.17, 15) is 0 Å². The van der Waals surface area contributed by atoms with Crippen LogP contribution in [0.3, 0.4) is 0 Å². The summed E-state index contributed by atoms with van der Waals surface area (Å²) in [5, 5.41) is 0. The first-order chi connectivity index (χ1) is 8.70. The fraction of sp³-hybridized carbons (Fsp3) is 0.385. The van der Waals surface area contributed by atoms with Gasteiger partial charge in [-0.2, -0.15) is 0 Å². The van der Waals surface area contributed by atoms with Gasteiger partial charge in [0.05, 0.1) is 29.8 Å². The fourth-order valence-electron chi connectivity index (χ4n) is 1.73. The standard InChI is InChI=1S/C13H18N4O/c1-9(2)18-8-13(17-14)10-3-4-11-12(7-10)16-6-5-15-11/h3-7,9,13,17H,8,14H2,1-2H3. The van der Waals surface area contributed by atoms with E-state index in [0.29, 0.717) is 6.61 Å². The monoisotopic (exact) mass is 246 g/mol. The Balaban J connectivity index is 2.22. The molecule has 3 N–H and O–H groups in total. The highest BCUT2D eigenvalue weighted by Crippen LogP contribution is 2.17. The van der Waals surface area contributed by atoms with Gasteiger partial charge in [0.15, 0.2) is 0 Å². The molecule has 5 heteroatoms. The molecular weight excluding hydrogens is 228 g/mol. The van der Waals surface area contributed by atoms with Crippen molar-refractivity contribution >= 4 is 11.0 Å². The molecule has 0 saturated carbocycles. The quantitative estimate of drug-likeness (QED) is 0.618. The van der Waals surface area contributed by atoms with Crippen molar-refractivity contribution in [3.63, 3.8) is 0 Å². The van der Waals surface area contributed by atoms with E-state index < -0.39 is 0 Å². The molecule has 0 aliphatic rings. The number of hydrogen-bond donors (Lipinski definition) is 2. The van der Waals surface area contributed by atoms with E-state index in [2.05, 4.69) is 15.4 Å². The average molecular weight is 246 g/mol.